The number of hydrogen-bond acceptors (Lipinski definition) is 3. The number of amides is 1. The fraction of sp³-hybridized carbons (Fsp3) is 0.286. The van der Waals surface area contributed by atoms with Crippen LogP contribution in [0.3, 0.4) is 0 Å². The average molecular weight is 259 g/mol. The molecule has 0 atom stereocenters. The zero-order valence-electron chi connectivity index (χ0n) is 10.8. The zero-order chi connectivity index (χ0) is 13.8. The molecule has 2 aromatic rings. The quantitative estimate of drug-likeness (QED) is 0.863. The Morgan fingerprint density at radius 1 is 1.37 bits per heavy atom. The molecule has 2 rings (SSSR count). The van der Waals surface area contributed by atoms with Gasteiger partial charge in [-0.25, -0.2) is 0 Å². The summed E-state index contributed by atoms with van der Waals surface area (Å²) in [6, 6.07) is 9.05. The molecule has 0 radical (unpaired) electrons. The smallest absolute Gasteiger partial charge is 0.259 e. The number of pyridine rings is 1. The molecule has 1 heterocycles. The van der Waals surface area contributed by atoms with Crippen LogP contribution in [0.1, 0.15) is 13.3 Å². The van der Waals surface area contributed by atoms with E-state index in [1.807, 2.05) is 25.1 Å². The van der Waals surface area contributed by atoms with Gasteiger partial charge in [-0.05, 0) is 24.4 Å². The molecule has 1 aromatic carbocycles. The van der Waals surface area contributed by atoms with E-state index in [0.717, 1.165) is 5.39 Å². The first-order valence-corrected chi connectivity index (χ1v) is 6.28. The maximum absolute atomic E-state index is 12.3. The van der Waals surface area contributed by atoms with Crippen molar-refractivity contribution in [3.05, 3.63) is 40.7 Å². The second kappa shape index (κ2) is 5.56. The molecule has 1 aromatic heterocycles. The number of nitrogens with two attached hydrogens (primary N) is 1. The van der Waals surface area contributed by atoms with Crippen molar-refractivity contribution in [3.8, 4) is 0 Å². The molecule has 1 amide bonds. The van der Waals surface area contributed by atoms with Crippen molar-refractivity contribution >= 4 is 22.5 Å². The lowest BCUT2D eigenvalue weighted by atomic mass is 10.1. The zero-order valence-corrected chi connectivity index (χ0v) is 10.8. The fourth-order valence-electron chi connectivity index (χ4n) is 2.05. The maximum Gasteiger partial charge on any atom is 0.259 e. The first-order valence-electron chi connectivity index (χ1n) is 6.28. The lowest BCUT2D eigenvalue weighted by Gasteiger charge is -2.11. The molecule has 0 saturated carbocycles. The Morgan fingerprint density at radius 3 is 2.84 bits per heavy atom. The molecule has 0 saturated heterocycles. The van der Waals surface area contributed by atoms with E-state index in [2.05, 4.69) is 5.32 Å². The minimum Gasteiger partial charge on any atom is -0.385 e. The van der Waals surface area contributed by atoms with Crippen molar-refractivity contribution in [2.24, 2.45) is 0 Å². The number of anilines is 1. The van der Waals surface area contributed by atoms with Crippen molar-refractivity contribution in [1.82, 2.24) is 9.88 Å². The van der Waals surface area contributed by atoms with Crippen LogP contribution >= 0.6 is 0 Å². The summed E-state index contributed by atoms with van der Waals surface area (Å²) in [6.07, 6.45) is 0.246. The molecule has 100 valence electrons. The number of hydrogen-bond donors (Lipinski definition) is 2. The average Bonchev–Trinajstić information content (AvgIpc) is 2.39. The summed E-state index contributed by atoms with van der Waals surface area (Å²) in [6.45, 7) is 2.73. The summed E-state index contributed by atoms with van der Waals surface area (Å²) in [4.78, 5) is 23.7. The number of carbonyl (C=O) groups is 1. The van der Waals surface area contributed by atoms with Gasteiger partial charge < -0.3 is 11.1 Å². The van der Waals surface area contributed by atoms with E-state index in [1.165, 1.54) is 4.57 Å². The van der Waals surface area contributed by atoms with Gasteiger partial charge in [0.1, 0.15) is 5.82 Å². The van der Waals surface area contributed by atoms with Gasteiger partial charge in [-0.3, -0.25) is 14.2 Å². The third-order valence-electron chi connectivity index (χ3n) is 2.99. The molecular weight excluding hydrogens is 242 g/mol. The Kier molecular flexibility index (Phi) is 3.85. The highest BCUT2D eigenvalue weighted by atomic mass is 16.1. The van der Waals surface area contributed by atoms with Crippen LogP contribution in [-0.4, -0.2) is 17.0 Å². The molecule has 0 spiro atoms. The Morgan fingerprint density at radius 2 is 2.11 bits per heavy atom. The van der Waals surface area contributed by atoms with Gasteiger partial charge in [-0.15, -0.1) is 0 Å². The van der Waals surface area contributed by atoms with Gasteiger partial charge in [0, 0.05) is 24.9 Å². The second-order valence-electron chi connectivity index (χ2n) is 4.32. The summed E-state index contributed by atoms with van der Waals surface area (Å²) in [5.74, 6) is 0.301. The van der Waals surface area contributed by atoms with Crippen LogP contribution in [0.4, 0.5) is 5.82 Å². The van der Waals surface area contributed by atoms with Gasteiger partial charge in [-0.2, -0.15) is 0 Å². The minimum atomic E-state index is -0.153. The maximum atomic E-state index is 12.3. The molecule has 0 bridgehead atoms. The number of nitrogen functional groups attached to an aromatic ring is 1. The van der Waals surface area contributed by atoms with Gasteiger partial charge in [0.2, 0.25) is 5.91 Å². The van der Waals surface area contributed by atoms with Crippen molar-refractivity contribution in [1.29, 1.82) is 0 Å². The number of fused-ring (bicyclic) bond motifs is 1. The highest BCUT2D eigenvalue weighted by molar-refractivity contribution is 5.83. The van der Waals surface area contributed by atoms with Gasteiger partial charge in [0.25, 0.3) is 5.56 Å². The highest BCUT2D eigenvalue weighted by Gasteiger charge is 2.08. The fourth-order valence-corrected chi connectivity index (χ4v) is 2.05. The normalized spacial score (nSPS) is 10.6. The van der Waals surface area contributed by atoms with E-state index in [1.54, 1.807) is 12.1 Å². The predicted octanol–water partition coefficient (Wildman–Crippen LogP) is 1.11. The van der Waals surface area contributed by atoms with E-state index in [9.17, 15) is 9.59 Å². The molecule has 0 fully saturated rings. The van der Waals surface area contributed by atoms with Crippen molar-refractivity contribution in [2.75, 3.05) is 12.3 Å². The van der Waals surface area contributed by atoms with Crippen LogP contribution in [0.5, 0.6) is 0 Å². The highest BCUT2D eigenvalue weighted by Crippen LogP contribution is 2.13. The Labute approximate surface area is 111 Å². The van der Waals surface area contributed by atoms with Crippen LogP contribution in [-0.2, 0) is 11.3 Å². The number of rotatable bonds is 4. The Hall–Kier alpha value is -2.30. The third-order valence-corrected chi connectivity index (χ3v) is 2.99. The van der Waals surface area contributed by atoms with Crippen molar-refractivity contribution < 1.29 is 4.79 Å². The molecule has 0 aliphatic carbocycles. The summed E-state index contributed by atoms with van der Waals surface area (Å²) in [5, 5.41) is 4.13. The van der Waals surface area contributed by atoms with Gasteiger partial charge in [0.15, 0.2) is 0 Å². The number of nitrogens with one attached hydrogen (secondary N) is 1. The predicted molar refractivity (Wildman–Crippen MR) is 75.9 cm³/mol. The summed E-state index contributed by atoms with van der Waals surface area (Å²) < 4.78 is 1.44. The molecular formula is C14H17N3O2. The molecule has 5 nitrogen and oxygen atoms in total. The van der Waals surface area contributed by atoms with E-state index < -0.39 is 0 Å². The van der Waals surface area contributed by atoms with Gasteiger partial charge >= 0.3 is 0 Å². The summed E-state index contributed by atoms with van der Waals surface area (Å²) in [7, 11) is 0. The van der Waals surface area contributed by atoms with Gasteiger partial charge in [-0.1, -0.05) is 18.2 Å². The van der Waals surface area contributed by atoms with Crippen molar-refractivity contribution in [2.45, 2.75) is 19.9 Å². The van der Waals surface area contributed by atoms with Gasteiger partial charge in [0.05, 0.1) is 0 Å². The third kappa shape index (κ3) is 2.76. The molecule has 19 heavy (non-hydrogen) atoms. The number of carbonyl (C=O) groups excluding carboxylic acids is 1. The SMILES string of the molecule is CCNC(=O)CCn1c(N)cc2ccccc2c1=O. The first-order chi connectivity index (χ1) is 9.13. The monoisotopic (exact) mass is 259 g/mol. The van der Waals surface area contributed by atoms with Crippen LogP contribution in [0.25, 0.3) is 10.8 Å². The minimum absolute atomic E-state index is 0.0815. The molecule has 5 heteroatoms. The second-order valence-corrected chi connectivity index (χ2v) is 4.32. The Balaban J connectivity index is 2.33. The number of nitrogens with zero attached hydrogens (tertiary/aromatic N) is 1. The largest absolute Gasteiger partial charge is 0.385 e. The van der Waals surface area contributed by atoms with E-state index in [-0.39, 0.29) is 17.9 Å². The first kappa shape index (κ1) is 13.1. The van der Waals surface area contributed by atoms with Crippen LogP contribution < -0.4 is 16.6 Å². The molecule has 0 aliphatic heterocycles. The Bertz CT molecular complexity index is 661. The van der Waals surface area contributed by atoms with E-state index >= 15 is 0 Å². The number of aromatic nitrogens is 1. The van der Waals surface area contributed by atoms with Crippen molar-refractivity contribution in [3.63, 3.8) is 0 Å². The molecule has 3 N–H and O–H groups in total. The van der Waals surface area contributed by atoms with Crippen LogP contribution in [0, 0.1) is 0 Å². The van der Waals surface area contributed by atoms with Crippen LogP contribution in [0.15, 0.2) is 35.1 Å². The van der Waals surface area contributed by atoms with E-state index in [4.69, 9.17) is 5.73 Å². The number of benzene rings is 1. The summed E-state index contributed by atoms with van der Waals surface area (Å²) >= 11 is 0. The lowest BCUT2D eigenvalue weighted by Crippen LogP contribution is -2.28. The molecule has 0 unspecified atom stereocenters. The topological polar surface area (TPSA) is 77.1 Å². The summed E-state index contributed by atoms with van der Waals surface area (Å²) in [5.41, 5.74) is 5.73. The molecule has 0 aliphatic rings. The standard InChI is InChI=1S/C14H17N3O2/c1-2-16-13(18)7-8-17-12(15)9-10-5-3-4-6-11(10)14(17)19/h3-6,9H,2,7-8,15H2,1H3,(H,16,18). The van der Waals surface area contributed by atoms with E-state index in [0.29, 0.717) is 24.3 Å². The van der Waals surface area contributed by atoms with Crippen LogP contribution in [0.2, 0.25) is 0 Å². The lowest BCUT2D eigenvalue weighted by molar-refractivity contribution is -0.121.